The van der Waals surface area contributed by atoms with Gasteiger partial charge in [-0.25, -0.2) is 4.39 Å². The Balaban J connectivity index is 1.70. The second kappa shape index (κ2) is 8.31. The summed E-state index contributed by atoms with van der Waals surface area (Å²) < 4.78 is 42.7. The molecule has 0 N–H and O–H groups in total. The largest absolute Gasteiger partial charge is 0.379 e. The Morgan fingerprint density at radius 2 is 1.75 bits per heavy atom. The second-order valence-corrected chi connectivity index (χ2v) is 8.68. The second-order valence-electron chi connectivity index (χ2n) is 7.13. The van der Waals surface area contributed by atoms with Gasteiger partial charge in [-0.3, -0.25) is 4.79 Å². The number of halogens is 1. The number of carbonyl (C=O) groups is 1. The van der Waals surface area contributed by atoms with Gasteiger partial charge in [-0.15, -0.1) is 0 Å². The van der Waals surface area contributed by atoms with E-state index in [9.17, 15) is 17.6 Å². The maximum absolute atomic E-state index is 13.0. The maximum Gasteiger partial charge on any atom is 0.339 e. The number of amides is 1. The third kappa shape index (κ3) is 4.90. The molecule has 1 amide bonds. The molecule has 1 aliphatic rings. The van der Waals surface area contributed by atoms with Gasteiger partial charge in [0.15, 0.2) is 0 Å². The van der Waals surface area contributed by atoms with E-state index in [1.165, 1.54) is 0 Å². The summed E-state index contributed by atoms with van der Waals surface area (Å²) in [5, 5.41) is 0. The number of rotatable bonds is 8. The van der Waals surface area contributed by atoms with Gasteiger partial charge in [-0.1, -0.05) is 19.1 Å². The van der Waals surface area contributed by atoms with Crippen molar-refractivity contribution in [3.63, 3.8) is 0 Å². The molecule has 0 aromatic heterocycles. The molecule has 0 heterocycles. The fourth-order valence-electron chi connectivity index (χ4n) is 2.86. The van der Waals surface area contributed by atoms with Gasteiger partial charge < -0.3 is 9.08 Å². The predicted molar refractivity (Wildman–Crippen MR) is 104 cm³/mol. The van der Waals surface area contributed by atoms with E-state index in [1.807, 2.05) is 11.8 Å². The van der Waals surface area contributed by atoms with Crippen LogP contribution in [0.1, 0.15) is 38.7 Å². The monoisotopic (exact) mass is 405 g/mol. The summed E-state index contributed by atoms with van der Waals surface area (Å²) >= 11 is 0. The van der Waals surface area contributed by atoms with Gasteiger partial charge in [0, 0.05) is 18.5 Å². The molecule has 0 aliphatic heterocycles. The molecule has 150 valence electrons. The van der Waals surface area contributed by atoms with E-state index in [0.717, 1.165) is 49.1 Å². The Labute approximate surface area is 165 Å². The fourth-order valence-corrected chi connectivity index (χ4v) is 3.79. The van der Waals surface area contributed by atoms with Crippen molar-refractivity contribution in [2.75, 3.05) is 0 Å². The van der Waals surface area contributed by atoms with Crippen LogP contribution in [0.3, 0.4) is 0 Å². The highest BCUT2D eigenvalue weighted by atomic mass is 32.2. The number of hydrogen-bond donors (Lipinski definition) is 0. The minimum Gasteiger partial charge on any atom is -0.379 e. The molecule has 3 rings (SSSR count). The van der Waals surface area contributed by atoms with Gasteiger partial charge in [-0.2, -0.15) is 8.42 Å². The molecule has 5 nitrogen and oxygen atoms in total. The van der Waals surface area contributed by atoms with Crippen LogP contribution in [0, 0.1) is 11.7 Å². The van der Waals surface area contributed by atoms with Crippen molar-refractivity contribution >= 4 is 16.0 Å². The van der Waals surface area contributed by atoms with E-state index in [4.69, 9.17) is 4.18 Å². The summed E-state index contributed by atoms with van der Waals surface area (Å²) in [6.45, 7) is 4.57. The predicted octanol–water partition coefficient (Wildman–Crippen LogP) is 4.13. The highest BCUT2D eigenvalue weighted by Gasteiger charge is 2.34. The molecule has 0 spiro atoms. The minimum atomic E-state index is -4.03. The van der Waals surface area contributed by atoms with Crippen LogP contribution in [0.4, 0.5) is 4.39 Å². The van der Waals surface area contributed by atoms with Crippen LogP contribution in [0.2, 0.25) is 0 Å². The first-order valence-corrected chi connectivity index (χ1v) is 10.8. The molecule has 0 saturated heterocycles. The first kappa shape index (κ1) is 20.3. The fraction of sp³-hybridized carbons (Fsp3) is 0.381. The molecule has 0 radical (unpaired) electrons. The van der Waals surface area contributed by atoms with Gasteiger partial charge >= 0.3 is 10.1 Å². The molecule has 2 aromatic carbocycles. The lowest BCUT2D eigenvalue weighted by Crippen LogP contribution is -2.38. The lowest BCUT2D eigenvalue weighted by Gasteiger charge is -2.29. The zero-order valence-corrected chi connectivity index (χ0v) is 16.8. The van der Waals surface area contributed by atoms with Crippen LogP contribution in [0.15, 0.2) is 53.4 Å². The third-order valence-electron chi connectivity index (χ3n) is 4.92. The Morgan fingerprint density at radius 1 is 1.14 bits per heavy atom. The van der Waals surface area contributed by atoms with Crippen LogP contribution in [0.5, 0.6) is 5.75 Å². The maximum atomic E-state index is 13.0. The van der Waals surface area contributed by atoms with Crippen molar-refractivity contribution in [2.45, 2.75) is 50.6 Å². The molecule has 1 fully saturated rings. The van der Waals surface area contributed by atoms with Crippen molar-refractivity contribution in [3.05, 3.63) is 59.9 Å². The molecule has 1 saturated carbocycles. The number of carbonyl (C=O) groups excluding carboxylic acids is 1. The van der Waals surface area contributed by atoms with Crippen LogP contribution >= 0.6 is 0 Å². The molecular formula is C21H24FNO4S. The Kier molecular flexibility index (Phi) is 6.03. The van der Waals surface area contributed by atoms with Gasteiger partial charge in [0.2, 0.25) is 5.91 Å². The molecule has 0 bridgehead atoms. The Morgan fingerprint density at radius 3 is 2.29 bits per heavy atom. The first-order valence-electron chi connectivity index (χ1n) is 9.39. The third-order valence-corrected chi connectivity index (χ3v) is 6.18. The van der Waals surface area contributed by atoms with E-state index in [2.05, 4.69) is 6.92 Å². The average molecular weight is 405 g/mol. The summed E-state index contributed by atoms with van der Waals surface area (Å²) in [5.74, 6) is -0.0161. The van der Waals surface area contributed by atoms with Crippen LogP contribution in [-0.4, -0.2) is 25.3 Å². The summed E-state index contributed by atoms with van der Waals surface area (Å²) in [6.07, 6.45) is 2.79. The molecule has 2 aromatic rings. The van der Waals surface area contributed by atoms with Crippen molar-refractivity contribution < 1.29 is 21.8 Å². The van der Waals surface area contributed by atoms with Gasteiger partial charge in [0.25, 0.3) is 0 Å². The molecular weight excluding hydrogens is 381 g/mol. The number of hydrogen-bond acceptors (Lipinski definition) is 4. The smallest absolute Gasteiger partial charge is 0.339 e. The van der Waals surface area contributed by atoms with Crippen molar-refractivity contribution in [1.29, 1.82) is 0 Å². The topological polar surface area (TPSA) is 63.7 Å². The van der Waals surface area contributed by atoms with Crippen molar-refractivity contribution in [2.24, 2.45) is 5.92 Å². The quantitative estimate of drug-likeness (QED) is 0.620. The highest BCUT2D eigenvalue weighted by molar-refractivity contribution is 7.87. The van der Waals surface area contributed by atoms with E-state index in [1.54, 1.807) is 24.3 Å². The van der Waals surface area contributed by atoms with Gasteiger partial charge in [0.05, 0.1) is 0 Å². The molecule has 1 atom stereocenters. The van der Waals surface area contributed by atoms with Crippen molar-refractivity contribution in [1.82, 2.24) is 4.90 Å². The van der Waals surface area contributed by atoms with Gasteiger partial charge in [0.1, 0.15) is 16.5 Å². The lowest BCUT2D eigenvalue weighted by atomic mass is 10.1. The average Bonchev–Trinajstić information content (AvgIpc) is 3.51. The van der Waals surface area contributed by atoms with Crippen molar-refractivity contribution in [3.8, 4) is 5.75 Å². The minimum absolute atomic E-state index is 0.115. The van der Waals surface area contributed by atoms with E-state index >= 15 is 0 Å². The van der Waals surface area contributed by atoms with Crippen LogP contribution in [-0.2, 0) is 21.5 Å². The molecule has 28 heavy (non-hydrogen) atoms. The number of benzene rings is 2. The normalized spacial score (nSPS) is 15.1. The molecule has 1 aliphatic carbocycles. The van der Waals surface area contributed by atoms with E-state index in [-0.39, 0.29) is 28.5 Å². The number of nitrogens with zero attached hydrogens (tertiary/aromatic N) is 1. The first-order chi connectivity index (χ1) is 13.3. The summed E-state index contributed by atoms with van der Waals surface area (Å²) in [6, 6.07) is 11.2. The molecule has 0 unspecified atom stereocenters. The SMILES string of the molecule is CC[C@H](C)N(Cc1ccc(OS(=O)(=O)c2ccc(F)cc2)cc1)C(=O)C1CC1. The van der Waals surface area contributed by atoms with E-state index < -0.39 is 15.9 Å². The summed E-state index contributed by atoms with van der Waals surface area (Å²) in [4.78, 5) is 14.3. The van der Waals surface area contributed by atoms with Gasteiger partial charge in [-0.05, 0) is 68.1 Å². The van der Waals surface area contributed by atoms with E-state index in [0.29, 0.717) is 6.54 Å². The summed E-state index contributed by atoms with van der Waals surface area (Å²) in [5.41, 5.74) is 0.904. The highest BCUT2D eigenvalue weighted by Crippen LogP contribution is 2.32. The lowest BCUT2D eigenvalue weighted by molar-refractivity contribution is -0.135. The zero-order valence-electron chi connectivity index (χ0n) is 16.0. The Hall–Kier alpha value is -2.41. The van der Waals surface area contributed by atoms with Crippen LogP contribution in [0.25, 0.3) is 0 Å². The molecule has 7 heteroatoms. The zero-order chi connectivity index (χ0) is 20.3. The van der Waals surface area contributed by atoms with Crippen LogP contribution < -0.4 is 4.18 Å². The Bertz CT molecular complexity index is 922. The standard InChI is InChI=1S/C21H24FNO4S/c1-3-15(2)23(21(24)17-6-7-17)14-16-4-10-19(11-5-16)27-28(25,26)20-12-8-18(22)9-13-20/h4-5,8-13,15,17H,3,6-7,14H2,1-2H3/t15-/m0/s1. The summed E-state index contributed by atoms with van der Waals surface area (Å²) in [7, 11) is -4.03.